The maximum Gasteiger partial charge on any atom is 0.311 e. The van der Waals surface area contributed by atoms with E-state index in [1.807, 2.05) is 60.7 Å². The number of ether oxygens (including phenoxy) is 4. The molecule has 0 bridgehead atoms. The van der Waals surface area contributed by atoms with E-state index in [-0.39, 0.29) is 25.8 Å². The molecule has 2 aliphatic rings. The normalized spacial score (nSPS) is 25.5. The van der Waals surface area contributed by atoms with Gasteiger partial charge in [-0.05, 0) is 11.1 Å². The first-order valence-electron chi connectivity index (χ1n) is 10.6. The Labute approximate surface area is 188 Å². The number of halogens is 2. The van der Waals surface area contributed by atoms with Crippen molar-refractivity contribution < 1.29 is 27.7 Å². The van der Waals surface area contributed by atoms with Gasteiger partial charge in [-0.3, -0.25) is 9.36 Å². The molecule has 0 amide bonds. The molecule has 0 unspecified atom stereocenters. The third-order valence-corrected chi connectivity index (χ3v) is 5.80. The minimum atomic E-state index is -1.49. The molecule has 3 heterocycles. The Hall–Kier alpha value is -3.14. The summed E-state index contributed by atoms with van der Waals surface area (Å²) in [7, 11) is 0. The second-order valence-corrected chi connectivity index (χ2v) is 8.07. The van der Waals surface area contributed by atoms with Crippen LogP contribution in [0.3, 0.4) is 0 Å². The summed E-state index contributed by atoms with van der Waals surface area (Å²) in [4.78, 5) is 15.2. The van der Waals surface area contributed by atoms with Gasteiger partial charge < -0.3 is 18.9 Å². The van der Waals surface area contributed by atoms with Crippen LogP contribution in [0.25, 0.3) is 0 Å². The predicted molar refractivity (Wildman–Crippen MR) is 113 cm³/mol. The quantitative estimate of drug-likeness (QED) is 0.519. The molecule has 2 aromatic carbocycles. The van der Waals surface area contributed by atoms with Crippen LogP contribution < -0.4 is 10.3 Å². The minimum Gasteiger partial charge on any atom is -0.453 e. The van der Waals surface area contributed by atoms with Crippen LogP contribution in [0.1, 0.15) is 17.4 Å². The molecule has 0 aliphatic carbocycles. The van der Waals surface area contributed by atoms with Gasteiger partial charge in [0.2, 0.25) is 5.82 Å². The fraction of sp³-hybridized carbons (Fsp3) is 0.333. The number of alkyl halides is 1. The third kappa shape index (κ3) is 4.15. The molecule has 0 saturated carbocycles. The van der Waals surface area contributed by atoms with Gasteiger partial charge in [0.1, 0.15) is 12.8 Å². The Bertz CT molecular complexity index is 1160. The third-order valence-electron chi connectivity index (χ3n) is 5.80. The lowest BCUT2D eigenvalue weighted by Crippen LogP contribution is -2.51. The van der Waals surface area contributed by atoms with E-state index in [4.69, 9.17) is 18.9 Å². The largest absolute Gasteiger partial charge is 0.453 e. The van der Waals surface area contributed by atoms with Gasteiger partial charge in [-0.1, -0.05) is 60.7 Å². The monoisotopic (exact) mass is 456 g/mol. The van der Waals surface area contributed by atoms with Crippen LogP contribution in [-0.4, -0.2) is 40.6 Å². The molecule has 2 aliphatic heterocycles. The van der Waals surface area contributed by atoms with Gasteiger partial charge >= 0.3 is 11.6 Å². The number of aromatic nitrogens is 2. The number of benzene rings is 2. The fourth-order valence-corrected chi connectivity index (χ4v) is 4.17. The lowest BCUT2D eigenvalue weighted by Gasteiger charge is -2.32. The second kappa shape index (κ2) is 9.01. The lowest BCUT2D eigenvalue weighted by atomic mass is 9.97. The SMILES string of the molecule is O=c1nc2n(cc1F)[C@@H]1O[C@](CF)(COCc3ccccc3)[C@@H](OCc3ccccc3)[C@@H]1O2. The van der Waals surface area contributed by atoms with E-state index < -0.39 is 42.1 Å². The average Bonchev–Trinajstić information content (AvgIpc) is 3.32. The Morgan fingerprint density at radius 3 is 2.36 bits per heavy atom. The zero-order valence-electron chi connectivity index (χ0n) is 17.6. The molecule has 1 fully saturated rings. The Kier molecular flexibility index (Phi) is 5.92. The number of nitrogens with zero attached hydrogens (tertiary/aromatic N) is 2. The fourth-order valence-electron chi connectivity index (χ4n) is 4.17. The van der Waals surface area contributed by atoms with E-state index in [0.29, 0.717) is 0 Å². The molecule has 0 radical (unpaired) electrons. The number of hydrogen-bond donors (Lipinski definition) is 0. The number of fused-ring (bicyclic) bond motifs is 3. The molecule has 0 N–H and O–H groups in total. The molecule has 1 aromatic heterocycles. The molecule has 33 heavy (non-hydrogen) atoms. The van der Waals surface area contributed by atoms with Gasteiger partial charge in [0, 0.05) is 0 Å². The summed E-state index contributed by atoms with van der Waals surface area (Å²) >= 11 is 0. The first kappa shape index (κ1) is 21.7. The van der Waals surface area contributed by atoms with Gasteiger partial charge in [-0.25, -0.2) is 4.39 Å². The van der Waals surface area contributed by atoms with Crippen molar-refractivity contribution in [1.29, 1.82) is 0 Å². The van der Waals surface area contributed by atoms with Crippen LogP contribution in [0.5, 0.6) is 6.01 Å². The molecule has 0 spiro atoms. The van der Waals surface area contributed by atoms with E-state index in [1.54, 1.807) is 0 Å². The van der Waals surface area contributed by atoms with Crippen molar-refractivity contribution in [2.75, 3.05) is 13.3 Å². The zero-order chi connectivity index (χ0) is 22.8. The van der Waals surface area contributed by atoms with Crippen molar-refractivity contribution in [3.63, 3.8) is 0 Å². The van der Waals surface area contributed by atoms with E-state index in [2.05, 4.69) is 4.98 Å². The zero-order valence-corrected chi connectivity index (χ0v) is 17.6. The van der Waals surface area contributed by atoms with Gasteiger partial charge in [0.05, 0.1) is 26.0 Å². The van der Waals surface area contributed by atoms with Crippen LogP contribution in [0.2, 0.25) is 0 Å². The highest BCUT2D eigenvalue weighted by Gasteiger charge is 2.61. The van der Waals surface area contributed by atoms with Crippen LogP contribution >= 0.6 is 0 Å². The summed E-state index contributed by atoms with van der Waals surface area (Å²) in [6, 6.07) is 18.8. The number of rotatable bonds is 8. The summed E-state index contributed by atoms with van der Waals surface area (Å²) in [6.07, 6.45) is -1.69. The van der Waals surface area contributed by atoms with Crippen LogP contribution in [-0.2, 0) is 27.4 Å². The molecular weight excluding hydrogens is 434 g/mol. The standard InChI is InChI=1S/C24H22F2N2O5/c25-14-24(15-30-12-16-7-3-1-4-8-16)20(31-13-17-9-5-2-6-10-17)19-22(33-24)28-11-18(26)21(29)27-23(28)32-19/h1-11,19-20,22H,12-15H2/t19-,20-,22+,24+/m0/s1. The Morgan fingerprint density at radius 2 is 1.70 bits per heavy atom. The molecule has 1 saturated heterocycles. The van der Waals surface area contributed by atoms with E-state index in [1.165, 1.54) is 4.57 Å². The summed E-state index contributed by atoms with van der Waals surface area (Å²) in [6.45, 7) is -0.590. The summed E-state index contributed by atoms with van der Waals surface area (Å²) in [5, 5.41) is 0. The maximum absolute atomic E-state index is 14.6. The average molecular weight is 456 g/mol. The first-order valence-corrected chi connectivity index (χ1v) is 10.6. The van der Waals surface area contributed by atoms with Crippen molar-refractivity contribution in [3.05, 3.63) is 94.2 Å². The minimum absolute atomic E-state index is 0.0950. The highest BCUT2D eigenvalue weighted by Crippen LogP contribution is 2.46. The molecule has 9 heteroatoms. The molecule has 172 valence electrons. The maximum atomic E-state index is 14.6. The summed E-state index contributed by atoms with van der Waals surface area (Å²) in [5.74, 6) is -1.05. The van der Waals surface area contributed by atoms with Crippen LogP contribution in [0.4, 0.5) is 8.78 Å². The van der Waals surface area contributed by atoms with Crippen molar-refractivity contribution in [3.8, 4) is 6.01 Å². The van der Waals surface area contributed by atoms with Crippen molar-refractivity contribution in [2.45, 2.75) is 37.3 Å². The molecule has 4 atom stereocenters. The molecule has 5 rings (SSSR count). The van der Waals surface area contributed by atoms with Gasteiger partial charge in [-0.2, -0.15) is 9.37 Å². The Morgan fingerprint density at radius 1 is 1.03 bits per heavy atom. The molecule has 7 nitrogen and oxygen atoms in total. The highest BCUT2D eigenvalue weighted by atomic mass is 19.1. The highest BCUT2D eigenvalue weighted by molar-refractivity contribution is 5.18. The lowest BCUT2D eigenvalue weighted by molar-refractivity contribution is -0.166. The predicted octanol–water partition coefficient (Wildman–Crippen LogP) is 3.18. The van der Waals surface area contributed by atoms with E-state index >= 15 is 0 Å². The second-order valence-electron chi connectivity index (χ2n) is 8.07. The summed E-state index contributed by atoms with van der Waals surface area (Å²) in [5.41, 5.74) is -0.716. The molecular formula is C24H22F2N2O5. The Balaban J connectivity index is 1.41. The van der Waals surface area contributed by atoms with E-state index in [0.717, 1.165) is 17.3 Å². The van der Waals surface area contributed by atoms with Crippen molar-refractivity contribution in [1.82, 2.24) is 9.55 Å². The number of hydrogen-bond acceptors (Lipinski definition) is 6. The van der Waals surface area contributed by atoms with Gasteiger partial charge in [0.25, 0.3) is 0 Å². The molecule has 3 aromatic rings. The van der Waals surface area contributed by atoms with Gasteiger partial charge in [0.15, 0.2) is 17.9 Å². The topological polar surface area (TPSA) is 71.8 Å². The summed E-state index contributed by atoms with van der Waals surface area (Å²) < 4.78 is 53.6. The first-order chi connectivity index (χ1) is 16.1. The van der Waals surface area contributed by atoms with Crippen molar-refractivity contribution in [2.24, 2.45) is 0 Å². The van der Waals surface area contributed by atoms with Crippen LogP contribution in [0.15, 0.2) is 71.7 Å². The van der Waals surface area contributed by atoms with E-state index in [9.17, 15) is 13.6 Å². The van der Waals surface area contributed by atoms with Gasteiger partial charge in [-0.15, -0.1) is 0 Å². The van der Waals surface area contributed by atoms with Crippen molar-refractivity contribution >= 4 is 0 Å². The smallest absolute Gasteiger partial charge is 0.311 e. The van der Waals surface area contributed by atoms with Crippen LogP contribution in [0, 0.1) is 5.82 Å².